The van der Waals surface area contributed by atoms with Crippen molar-refractivity contribution in [3.05, 3.63) is 68.5 Å². The smallest absolute Gasteiger partial charge is 0.315 e. The molecule has 0 aliphatic rings. The second-order valence-electron chi connectivity index (χ2n) is 5.93. The Morgan fingerprint density at radius 2 is 1.93 bits per heavy atom. The first kappa shape index (κ1) is 20.3. The van der Waals surface area contributed by atoms with E-state index in [2.05, 4.69) is 20.5 Å². The largest absolute Gasteiger partial charge is 0.500 e. The van der Waals surface area contributed by atoms with E-state index in [9.17, 15) is 20.0 Å². The standard InChI is InChI=1S/C19H17N5O6/c1-29-13-5-3-12(4-6-13)14-9-17(25)22-19(21-14)23-20-10-11-7-15(24(27)28)18(26)16(8-11)30-2/h3-10,26H,1-2H3,(H2,21,22,23,25)/b20-10-. The van der Waals surface area contributed by atoms with Crippen LogP contribution in [0.4, 0.5) is 11.6 Å². The van der Waals surface area contributed by atoms with Gasteiger partial charge in [0.1, 0.15) is 5.75 Å². The van der Waals surface area contributed by atoms with Crippen molar-refractivity contribution in [3.8, 4) is 28.5 Å². The molecule has 1 aromatic heterocycles. The summed E-state index contributed by atoms with van der Waals surface area (Å²) >= 11 is 0. The van der Waals surface area contributed by atoms with Crippen LogP contribution >= 0.6 is 0 Å². The highest BCUT2D eigenvalue weighted by atomic mass is 16.6. The van der Waals surface area contributed by atoms with Crippen LogP contribution in [0.15, 0.2) is 52.4 Å². The number of methoxy groups -OCH3 is 2. The number of nitro groups is 1. The highest BCUT2D eigenvalue weighted by Crippen LogP contribution is 2.36. The Hall–Kier alpha value is -4.41. The molecular weight excluding hydrogens is 394 g/mol. The lowest BCUT2D eigenvalue weighted by atomic mass is 10.1. The zero-order valence-corrected chi connectivity index (χ0v) is 15.9. The van der Waals surface area contributed by atoms with Crippen LogP contribution in [0.25, 0.3) is 11.3 Å². The normalized spacial score (nSPS) is 10.7. The maximum Gasteiger partial charge on any atom is 0.315 e. The van der Waals surface area contributed by atoms with Crippen LogP contribution in [0, 0.1) is 10.1 Å². The number of phenols is 1. The molecule has 30 heavy (non-hydrogen) atoms. The predicted octanol–water partition coefficient (Wildman–Crippen LogP) is 2.51. The lowest BCUT2D eigenvalue weighted by Gasteiger charge is -2.06. The van der Waals surface area contributed by atoms with Crippen molar-refractivity contribution in [3.63, 3.8) is 0 Å². The molecule has 2 aromatic carbocycles. The maximum absolute atomic E-state index is 11.9. The third kappa shape index (κ3) is 4.52. The lowest BCUT2D eigenvalue weighted by molar-refractivity contribution is -0.386. The van der Waals surface area contributed by atoms with E-state index in [-0.39, 0.29) is 17.3 Å². The van der Waals surface area contributed by atoms with Crippen molar-refractivity contribution in [2.24, 2.45) is 5.10 Å². The van der Waals surface area contributed by atoms with Gasteiger partial charge in [0.05, 0.1) is 31.1 Å². The van der Waals surface area contributed by atoms with Gasteiger partial charge in [-0.1, -0.05) is 0 Å². The van der Waals surface area contributed by atoms with Crippen LogP contribution in [0.5, 0.6) is 17.2 Å². The van der Waals surface area contributed by atoms with E-state index in [0.717, 1.165) is 6.07 Å². The Kier molecular flexibility index (Phi) is 5.92. The summed E-state index contributed by atoms with van der Waals surface area (Å²) in [5.74, 6) is 0.0965. The minimum absolute atomic E-state index is 0.0707. The molecule has 0 fully saturated rings. The fraction of sp³-hybridized carbons (Fsp3) is 0.105. The van der Waals surface area contributed by atoms with Crippen molar-refractivity contribution in [2.45, 2.75) is 0 Å². The van der Waals surface area contributed by atoms with Gasteiger partial charge in [-0.15, -0.1) is 0 Å². The van der Waals surface area contributed by atoms with Gasteiger partial charge in [0.2, 0.25) is 11.7 Å². The number of nitrogens with one attached hydrogen (secondary N) is 2. The van der Waals surface area contributed by atoms with Crippen LogP contribution in [-0.2, 0) is 0 Å². The number of nitro benzene ring substituents is 1. The summed E-state index contributed by atoms with van der Waals surface area (Å²) in [5.41, 5.74) is 3.06. The van der Waals surface area contributed by atoms with E-state index >= 15 is 0 Å². The molecular formula is C19H17N5O6. The summed E-state index contributed by atoms with van der Waals surface area (Å²) in [4.78, 5) is 29.1. The first-order chi connectivity index (χ1) is 14.4. The topological polar surface area (TPSA) is 152 Å². The molecule has 0 atom stereocenters. The third-order valence-electron chi connectivity index (χ3n) is 4.01. The van der Waals surface area contributed by atoms with Gasteiger partial charge < -0.3 is 14.6 Å². The molecule has 0 radical (unpaired) electrons. The minimum atomic E-state index is -0.736. The number of hydrogen-bond acceptors (Lipinski definition) is 9. The second-order valence-corrected chi connectivity index (χ2v) is 5.93. The molecule has 3 rings (SSSR count). The molecule has 1 heterocycles. The Bertz CT molecular complexity index is 1160. The number of anilines is 1. The summed E-state index contributed by atoms with van der Waals surface area (Å²) in [6.07, 6.45) is 1.26. The van der Waals surface area contributed by atoms with Crippen LogP contribution in [0.1, 0.15) is 5.56 Å². The minimum Gasteiger partial charge on any atom is -0.500 e. The molecule has 0 amide bonds. The highest BCUT2D eigenvalue weighted by Gasteiger charge is 2.19. The number of hydrazone groups is 1. The number of aromatic hydroxyl groups is 1. The van der Waals surface area contributed by atoms with E-state index in [0.29, 0.717) is 17.0 Å². The summed E-state index contributed by atoms with van der Waals surface area (Å²) in [6.45, 7) is 0. The maximum atomic E-state index is 11.9. The lowest BCUT2D eigenvalue weighted by Crippen LogP contribution is -2.10. The summed E-state index contributed by atoms with van der Waals surface area (Å²) in [6, 6.07) is 10.9. The fourth-order valence-electron chi connectivity index (χ4n) is 2.57. The number of rotatable bonds is 7. The second kappa shape index (κ2) is 8.73. The van der Waals surface area contributed by atoms with Gasteiger partial charge in [0, 0.05) is 23.3 Å². The van der Waals surface area contributed by atoms with Gasteiger partial charge in [0.15, 0.2) is 5.75 Å². The Morgan fingerprint density at radius 1 is 1.20 bits per heavy atom. The molecule has 0 bridgehead atoms. The van der Waals surface area contributed by atoms with Gasteiger partial charge in [0.25, 0.3) is 5.56 Å². The molecule has 0 aliphatic heterocycles. The van der Waals surface area contributed by atoms with Gasteiger partial charge in [-0.25, -0.2) is 10.4 Å². The average molecular weight is 411 g/mol. The Balaban J connectivity index is 1.84. The van der Waals surface area contributed by atoms with Crippen molar-refractivity contribution < 1.29 is 19.5 Å². The predicted molar refractivity (Wildman–Crippen MR) is 109 cm³/mol. The molecule has 3 aromatic rings. The van der Waals surface area contributed by atoms with Gasteiger partial charge in [-0.2, -0.15) is 5.10 Å². The van der Waals surface area contributed by atoms with Crippen molar-refractivity contribution in [1.82, 2.24) is 9.97 Å². The molecule has 0 saturated carbocycles. The van der Waals surface area contributed by atoms with Crippen LogP contribution in [0.2, 0.25) is 0 Å². The highest BCUT2D eigenvalue weighted by molar-refractivity contribution is 5.83. The number of nitrogens with zero attached hydrogens (tertiary/aromatic N) is 3. The summed E-state index contributed by atoms with van der Waals surface area (Å²) in [5, 5.41) is 24.8. The van der Waals surface area contributed by atoms with Crippen LogP contribution in [0.3, 0.4) is 0 Å². The fourth-order valence-corrected chi connectivity index (χ4v) is 2.57. The van der Waals surface area contributed by atoms with Gasteiger partial charge in [-0.05, 0) is 30.3 Å². The number of H-pyrrole nitrogens is 1. The average Bonchev–Trinajstić information content (AvgIpc) is 2.74. The number of aromatic nitrogens is 2. The third-order valence-corrected chi connectivity index (χ3v) is 4.01. The zero-order chi connectivity index (χ0) is 21.7. The number of aromatic amines is 1. The Labute approximate surface area is 169 Å². The van der Waals surface area contributed by atoms with E-state index in [1.807, 2.05) is 0 Å². The molecule has 11 nitrogen and oxygen atoms in total. The summed E-state index contributed by atoms with van der Waals surface area (Å²) < 4.78 is 10.0. The molecule has 0 unspecified atom stereocenters. The van der Waals surface area contributed by atoms with Crippen LogP contribution < -0.4 is 20.5 Å². The molecule has 0 saturated heterocycles. The number of benzene rings is 2. The molecule has 0 aliphatic carbocycles. The van der Waals surface area contributed by atoms with E-state index in [4.69, 9.17) is 9.47 Å². The number of ether oxygens (including phenoxy) is 2. The van der Waals surface area contributed by atoms with E-state index in [1.54, 1.807) is 31.4 Å². The Morgan fingerprint density at radius 3 is 2.57 bits per heavy atom. The zero-order valence-electron chi connectivity index (χ0n) is 15.9. The SMILES string of the molecule is COc1ccc(-c2cc(=O)[nH]c(N/N=C\c3cc(OC)c(O)c([N+](=O)[O-])c3)n2)cc1. The summed E-state index contributed by atoms with van der Waals surface area (Å²) in [7, 11) is 2.83. The van der Waals surface area contributed by atoms with E-state index < -0.39 is 21.9 Å². The van der Waals surface area contributed by atoms with Gasteiger partial charge in [-0.3, -0.25) is 19.9 Å². The quantitative estimate of drug-likeness (QED) is 0.305. The van der Waals surface area contributed by atoms with Crippen molar-refractivity contribution in [2.75, 3.05) is 19.6 Å². The van der Waals surface area contributed by atoms with Gasteiger partial charge >= 0.3 is 5.69 Å². The molecule has 11 heteroatoms. The molecule has 154 valence electrons. The van der Waals surface area contributed by atoms with Crippen LogP contribution in [-0.4, -0.2) is 40.4 Å². The first-order valence-electron chi connectivity index (χ1n) is 8.51. The van der Waals surface area contributed by atoms with Crippen molar-refractivity contribution in [1.29, 1.82) is 0 Å². The van der Waals surface area contributed by atoms with E-state index in [1.165, 1.54) is 25.5 Å². The number of hydrogen-bond donors (Lipinski definition) is 3. The molecule has 3 N–H and O–H groups in total. The molecule has 0 spiro atoms. The van der Waals surface area contributed by atoms with Crippen molar-refractivity contribution >= 4 is 17.9 Å². The first-order valence-corrected chi connectivity index (χ1v) is 8.51. The number of phenolic OH excluding ortho intramolecular Hbond substituents is 1. The monoisotopic (exact) mass is 411 g/mol.